The summed E-state index contributed by atoms with van der Waals surface area (Å²) >= 11 is 0. The minimum absolute atomic E-state index is 0.0411. The SMILES string of the molecule is CCCCC[C@@H]1C=C(C(=O)O)[C@H](c2ccc(OC)c(OC)c2)N1S(=O)(=O)c1ccc(C)cc1. The molecule has 2 atom stereocenters. The zero-order valence-corrected chi connectivity index (χ0v) is 20.3. The van der Waals surface area contributed by atoms with Gasteiger partial charge in [-0.15, -0.1) is 0 Å². The number of hydrogen-bond acceptors (Lipinski definition) is 5. The van der Waals surface area contributed by atoms with E-state index in [1.54, 1.807) is 48.5 Å². The molecule has 0 amide bonds. The quantitative estimate of drug-likeness (QED) is 0.502. The molecule has 33 heavy (non-hydrogen) atoms. The molecule has 0 fully saturated rings. The Morgan fingerprint density at radius 3 is 2.27 bits per heavy atom. The van der Waals surface area contributed by atoms with Gasteiger partial charge in [0, 0.05) is 6.04 Å². The van der Waals surface area contributed by atoms with Gasteiger partial charge in [0.05, 0.1) is 30.7 Å². The highest BCUT2D eigenvalue weighted by molar-refractivity contribution is 7.89. The van der Waals surface area contributed by atoms with Crippen LogP contribution < -0.4 is 9.47 Å². The molecule has 3 rings (SSSR count). The van der Waals surface area contributed by atoms with Gasteiger partial charge in [-0.2, -0.15) is 4.31 Å². The molecular weight excluding hydrogens is 442 g/mol. The predicted molar refractivity (Wildman–Crippen MR) is 126 cm³/mol. The molecule has 0 aromatic heterocycles. The number of aliphatic carboxylic acids is 1. The van der Waals surface area contributed by atoms with Gasteiger partial charge in [-0.25, -0.2) is 13.2 Å². The summed E-state index contributed by atoms with van der Waals surface area (Å²) in [5, 5.41) is 10.0. The van der Waals surface area contributed by atoms with E-state index in [1.165, 1.54) is 18.5 Å². The summed E-state index contributed by atoms with van der Waals surface area (Å²) in [5.41, 5.74) is 1.49. The van der Waals surface area contributed by atoms with E-state index < -0.39 is 28.1 Å². The number of hydrogen-bond donors (Lipinski definition) is 1. The van der Waals surface area contributed by atoms with Gasteiger partial charge in [-0.1, -0.05) is 56.0 Å². The zero-order chi connectivity index (χ0) is 24.2. The topological polar surface area (TPSA) is 93.1 Å². The predicted octanol–water partition coefficient (Wildman–Crippen LogP) is 4.72. The fraction of sp³-hybridized carbons (Fsp3) is 0.400. The number of sulfonamides is 1. The van der Waals surface area contributed by atoms with E-state index in [9.17, 15) is 18.3 Å². The lowest BCUT2D eigenvalue weighted by molar-refractivity contribution is -0.133. The first-order chi connectivity index (χ1) is 15.7. The van der Waals surface area contributed by atoms with E-state index in [2.05, 4.69) is 6.92 Å². The molecule has 0 saturated carbocycles. The standard InChI is InChI=1S/C25H31NO6S/c1-5-6-7-8-19-16-21(25(27)28)24(18-11-14-22(31-3)23(15-18)32-4)26(19)33(29,30)20-12-9-17(2)10-13-20/h9-16,19,24H,5-8H2,1-4H3,(H,27,28)/t19-,24+/m1/s1. The number of nitrogens with zero attached hydrogens (tertiary/aromatic N) is 1. The molecule has 0 saturated heterocycles. The van der Waals surface area contributed by atoms with Gasteiger partial charge in [0.1, 0.15) is 0 Å². The van der Waals surface area contributed by atoms with E-state index in [0.717, 1.165) is 24.8 Å². The lowest BCUT2D eigenvalue weighted by atomic mass is 10.0. The first kappa shape index (κ1) is 24.8. The Hall–Kier alpha value is -2.84. The Balaban J connectivity index is 2.16. The summed E-state index contributed by atoms with van der Waals surface area (Å²) in [4.78, 5) is 12.4. The second-order valence-corrected chi connectivity index (χ2v) is 10.00. The van der Waals surface area contributed by atoms with Crippen molar-refractivity contribution in [1.29, 1.82) is 0 Å². The first-order valence-corrected chi connectivity index (χ1v) is 12.5. The van der Waals surface area contributed by atoms with Crippen molar-refractivity contribution in [3.63, 3.8) is 0 Å². The maximum absolute atomic E-state index is 13.9. The van der Waals surface area contributed by atoms with Gasteiger partial charge in [0.25, 0.3) is 0 Å². The molecule has 178 valence electrons. The number of ether oxygens (including phenoxy) is 2. The second-order valence-electron chi connectivity index (χ2n) is 8.16. The third kappa shape index (κ3) is 5.07. The van der Waals surface area contributed by atoms with Crippen LogP contribution in [0.3, 0.4) is 0 Å². The summed E-state index contributed by atoms with van der Waals surface area (Å²) in [5.74, 6) is -0.258. The van der Waals surface area contributed by atoms with Gasteiger partial charge in [0.2, 0.25) is 10.0 Å². The van der Waals surface area contributed by atoms with Crippen LogP contribution >= 0.6 is 0 Å². The number of carbonyl (C=O) groups is 1. The average Bonchev–Trinajstić information content (AvgIpc) is 3.19. The molecule has 7 nitrogen and oxygen atoms in total. The Bertz CT molecular complexity index is 1120. The highest BCUT2D eigenvalue weighted by atomic mass is 32.2. The van der Waals surface area contributed by atoms with Crippen LogP contribution in [0.2, 0.25) is 0 Å². The number of carboxylic acids is 1. The van der Waals surface area contributed by atoms with Crippen molar-refractivity contribution in [3.8, 4) is 11.5 Å². The molecule has 8 heteroatoms. The van der Waals surface area contributed by atoms with Gasteiger partial charge in [-0.3, -0.25) is 0 Å². The van der Waals surface area contributed by atoms with Crippen molar-refractivity contribution in [2.45, 2.75) is 56.5 Å². The Morgan fingerprint density at radius 2 is 1.70 bits per heavy atom. The maximum Gasteiger partial charge on any atom is 0.333 e. The smallest absolute Gasteiger partial charge is 0.333 e. The van der Waals surface area contributed by atoms with Crippen LogP contribution in [-0.4, -0.2) is 44.1 Å². The fourth-order valence-corrected chi connectivity index (χ4v) is 5.96. The van der Waals surface area contributed by atoms with Gasteiger partial charge < -0.3 is 14.6 Å². The van der Waals surface area contributed by atoms with Crippen LogP contribution in [0.4, 0.5) is 0 Å². The van der Waals surface area contributed by atoms with Crippen molar-refractivity contribution < 1.29 is 27.8 Å². The molecule has 2 aromatic rings. The Morgan fingerprint density at radius 1 is 1.03 bits per heavy atom. The lowest BCUT2D eigenvalue weighted by Gasteiger charge is -2.31. The maximum atomic E-state index is 13.9. The number of carboxylic acid groups (broad SMARTS) is 1. The van der Waals surface area contributed by atoms with Crippen LogP contribution in [0.15, 0.2) is 59.0 Å². The summed E-state index contributed by atoms with van der Waals surface area (Å²) in [6.07, 6.45) is 4.84. The normalized spacial score (nSPS) is 18.7. The van der Waals surface area contributed by atoms with Crippen LogP contribution in [0.25, 0.3) is 0 Å². The third-order valence-corrected chi connectivity index (χ3v) is 7.82. The van der Waals surface area contributed by atoms with Crippen LogP contribution in [0.1, 0.15) is 49.8 Å². The number of unbranched alkanes of at least 4 members (excludes halogenated alkanes) is 2. The molecule has 0 bridgehead atoms. The minimum atomic E-state index is -3.99. The molecule has 1 heterocycles. The van der Waals surface area contributed by atoms with Crippen molar-refractivity contribution in [3.05, 3.63) is 65.2 Å². The molecule has 1 aliphatic heterocycles. The molecule has 0 spiro atoms. The van der Waals surface area contributed by atoms with Crippen molar-refractivity contribution in [2.75, 3.05) is 14.2 Å². The van der Waals surface area contributed by atoms with E-state index >= 15 is 0 Å². The summed E-state index contributed by atoms with van der Waals surface area (Å²) < 4.78 is 39.8. The third-order valence-electron chi connectivity index (χ3n) is 5.92. The van der Waals surface area contributed by atoms with Crippen LogP contribution in [0, 0.1) is 6.92 Å². The van der Waals surface area contributed by atoms with Crippen molar-refractivity contribution in [2.24, 2.45) is 0 Å². The number of aryl methyl sites for hydroxylation is 1. The van der Waals surface area contributed by atoms with Crippen LogP contribution in [-0.2, 0) is 14.8 Å². The molecule has 2 aromatic carbocycles. The summed E-state index contributed by atoms with van der Waals surface area (Å²) in [7, 11) is -1.00. The van der Waals surface area contributed by atoms with Gasteiger partial charge in [0.15, 0.2) is 11.5 Å². The lowest BCUT2D eigenvalue weighted by Crippen LogP contribution is -2.39. The summed E-state index contributed by atoms with van der Waals surface area (Å²) in [6, 6.07) is 10.1. The van der Waals surface area contributed by atoms with Crippen LogP contribution in [0.5, 0.6) is 11.5 Å². The van der Waals surface area contributed by atoms with E-state index in [1.807, 2.05) is 6.92 Å². The second kappa shape index (κ2) is 10.4. The Kier molecular flexibility index (Phi) is 7.81. The number of benzene rings is 2. The fourth-order valence-electron chi connectivity index (χ4n) is 4.20. The molecule has 1 N–H and O–H groups in total. The highest BCUT2D eigenvalue weighted by Gasteiger charge is 2.45. The zero-order valence-electron chi connectivity index (χ0n) is 19.4. The molecule has 1 aliphatic rings. The molecular formula is C25H31NO6S. The molecule has 0 radical (unpaired) electrons. The number of methoxy groups -OCH3 is 2. The van der Waals surface area contributed by atoms with E-state index in [-0.39, 0.29) is 10.5 Å². The minimum Gasteiger partial charge on any atom is -0.493 e. The highest BCUT2D eigenvalue weighted by Crippen LogP contribution is 2.44. The number of rotatable bonds is 10. The van der Waals surface area contributed by atoms with Crippen molar-refractivity contribution >= 4 is 16.0 Å². The largest absolute Gasteiger partial charge is 0.493 e. The average molecular weight is 474 g/mol. The first-order valence-electron chi connectivity index (χ1n) is 11.0. The van der Waals surface area contributed by atoms with Gasteiger partial charge >= 0.3 is 5.97 Å². The Labute approximate surface area is 195 Å². The monoisotopic (exact) mass is 473 g/mol. The molecule has 0 unspecified atom stereocenters. The van der Waals surface area contributed by atoms with E-state index in [4.69, 9.17) is 9.47 Å². The summed E-state index contributed by atoms with van der Waals surface area (Å²) in [6.45, 7) is 3.96. The molecule has 0 aliphatic carbocycles. The van der Waals surface area contributed by atoms with E-state index in [0.29, 0.717) is 23.5 Å². The van der Waals surface area contributed by atoms with Gasteiger partial charge in [-0.05, 0) is 43.2 Å². The van der Waals surface area contributed by atoms with Crippen molar-refractivity contribution in [1.82, 2.24) is 4.31 Å².